The van der Waals surface area contributed by atoms with Crippen LogP contribution in [0.4, 0.5) is 0 Å². The van der Waals surface area contributed by atoms with E-state index in [0.717, 1.165) is 0 Å². The number of aromatic hydroxyl groups is 2. The summed E-state index contributed by atoms with van der Waals surface area (Å²) in [6.07, 6.45) is 0. The highest BCUT2D eigenvalue weighted by Gasteiger charge is 2.15. The summed E-state index contributed by atoms with van der Waals surface area (Å²) in [7, 11) is 0. The largest absolute Gasteiger partial charge is 0.507 e. The number of nitrogens with one attached hydrogen (secondary N) is 1. The minimum Gasteiger partial charge on any atom is -0.507 e. The van der Waals surface area contributed by atoms with Crippen LogP contribution in [0.5, 0.6) is 11.5 Å². The van der Waals surface area contributed by atoms with Gasteiger partial charge in [0.25, 0.3) is 5.91 Å². The number of hydrogen-bond donors (Lipinski definition) is 3. The fourth-order valence-corrected chi connectivity index (χ4v) is 0.950. The highest BCUT2D eigenvalue weighted by molar-refractivity contribution is 5.98. The highest BCUT2D eigenvalue weighted by atomic mass is 16.6. The lowest BCUT2D eigenvalue weighted by Gasteiger charge is -2.06. The Hall–Kier alpha value is -1.75. The molecule has 0 atom stereocenters. The van der Waals surface area contributed by atoms with Crippen LogP contribution in [0, 0.1) is 0 Å². The molecule has 5 nitrogen and oxygen atoms in total. The smallest absolute Gasteiger partial charge is 0.282 e. The van der Waals surface area contributed by atoms with Gasteiger partial charge in [-0.15, -0.1) is 0 Å². The minimum absolute atomic E-state index is 0.194. The third kappa shape index (κ3) is 2.14. The molecule has 0 heterocycles. The SMILES string of the molecule is CCONC(=O)c1c(O)cccc1O. The van der Waals surface area contributed by atoms with Gasteiger partial charge in [-0.1, -0.05) is 6.07 Å². The minimum atomic E-state index is -0.678. The van der Waals surface area contributed by atoms with Crippen LogP contribution in [0.1, 0.15) is 17.3 Å². The maximum atomic E-state index is 11.3. The van der Waals surface area contributed by atoms with Crippen molar-refractivity contribution in [1.29, 1.82) is 0 Å². The van der Waals surface area contributed by atoms with Gasteiger partial charge in [-0.2, -0.15) is 0 Å². The first-order chi connectivity index (χ1) is 6.66. The zero-order valence-electron chi connectivity index (χ0n) is 7.65. The molecule has 0 unspecified atom stereocenters. The lowest BCUT2D eigenvalue weighted by atomic mass is 10.1. The van der Waals surface area contributed by atoms with E-state index >= 15 is 0 Å². The number of phenolic OH excluding ortho intramolecular Hbond substituents is 2. The quantitative estimate of drug-likeness (QED) is 0.625. The van der Waals surface area contributed by atoms with E-state index in [9.17, 15) is 15.0 Å². The van der Waals surface area contributed by atoms with E-state index in [1.165, 1.54) is 18.2 Å². The standard InChI is InChI=1S/C9H11NO4/c1-2-14-10-9(13)8-6(11)4-3-5-7(8)12/h3-5,11-12H,2H2,1H3,(H,10,13). The van der Waals surface area contributed by atoms with Crippen molar-refractivity contribution < 1.29 is 19.8 Å². The molecular formula is C9H11NO4. The van der Waals surface area contributed by atoms with E-state index in [0.29, 0.717) is 6.61 Å². The molecule has 14 heavy (non-hydrogen) atoms. The summed E-state index contributed by atoms with van der Waals surface area (Å²) in [5.74, 6) is -1.26. The number of rotatable bonds is 3. The zero-order chi connectivity index (χ0) is 10.6. The van der Waals surface area contributed by atoms with Crippen molar-refractivity contribution >= 4 is 5.91 Å². The number of benzene rings is 1. The van der Waals surface area contributed by atoms with Crippen LogP contribution in [-0.4, -0.2) is 22.7 Å². The molecule has 3 N–H and O–H groups in total. The van der Waals surface area contributed by atoms with Gasteiger partial charge >= 0.3 is 0 Å². The Morgan fingerprint density at radius 3 is 2.50 bits per heavy atom. The first kappa shape index (κ1) is 10.3. The summed E-state index contributed by atoms with van der Waals surface area (Å²) in [6.45, 7) is 2.01. The third-order valence-electron chi connectivity index (χ3n) is 1.56. The maximum absolute atomic E-state index is 11.3. The molecule has 0 aromatic heterocycles. The second-order valence-corrected chi connectivity index (χ2v) is 2.54. The van der Waals surface area contributed by atoms with Crippen LogP contribution in [0.15, 0.2) is 18.2 Å². The van der Waals surface area contributed by atoms with Crippen molar-refractivity contribution in [3.8, 4) is 11.5 Å². The summed E-state index contributed by atoms with van der Waals surface area (Å²) in [4.78, 5) is 15.9. The van der Waals surface area contributed by atoms with Crippen LogP contribution in [0.2, 0.25) is 0 Å². The molecule has 0 spiro atoms. The van der Waals surface area contributed by atoms with Crippen LogP contribution < -0.4 is 5.48 Å². The fourth-order valence-electron chi connectivity index (χ4n) is 0.950. The van der Waals surface area contributed by atoms with Crippen molar-refractivity contribution in [1.82, 2.24) is 5.48 Å². The van der Waals surface area contributed by atoms with Crippen LogP contribution in [0.3, 0.4) is 0 Å². The molecule has 1 aromatic rings. The van der Waals surface area contributed by atoms with Crippen LogP contribution >= 0.6 is 0 Å². The fraction of sp³-hybridized carbons (Fsp3) is 0.222. The Morgan fingerprint density at radius 1 is 1.43 bits per heavy atom. The average Bonchev–Trinajstić information content (AvgIpc) is 2.14. The molecule has 0 fully saturated rings. The highest BCUT2D eigenvalue weighted by Crippen LogP contribution is 2.25. The number of phenols is 2. The molecular weight excluding hydrogens is 186 g/mol. The second-order valence-electron chi connectivity index (χ2n) is 2.54. The van der Waals surface area contributed by atoms with E-state index in [-0.39, 0.29) is 17.1 Å². The zero-order valence-corrected chi connectivity index (χ0v) is 7.65. The third-order valence-corrected chi connectivity index (χ3v) is 1.56. The van der Waals surface area contributed by atoms with Gasteiger partial charge in [0.2, 0.25) is 0 Å². The summed E-state index contributed by atoms with van der Waals surface area (Å²) in [5, 5.41) is 18.6. The van der Waals surface area contributed by atoms with Gasteiger partial charge < -0.3 is 10.2 Å². The summed E-state index contributed by atoms with van der Waals surface area (Å²) < 4.78 is 0. The second kappa shape index (κ2) is 4.48. The lowest BCUT2D eigenvalue weighted by molar-refractivity contribution is 0.0360. The number of carbonyl (C=O) groups is 1. The first-order valence-corrected chi connectivity index (χ1v) is 4.10. The molecule has 0 radical (unpaired) electrons. The van der Waals surface area contributed by atoms with Crippen molar-refractivity contribution in [2.45, 2.75) is 6.92 Å². The van der Waals surface area contributed by atoms with Crippen molar-refractivity contribution in [3.63, 3.8) is 0 Å². The summed E-state index contributed by atoms with van der Waals surface area (Å²) in [5.41, 5.74) is 1.88. The van der Waals surface area contributed by atoms with E-state index in [1.807, 2.05) is 0 Å². The lowest BCUT2D eigenvalue weighted by Crippen LogP contribution is -2.23. The Morgan fingerprint density at radius 2 is 2.00 bits per heavy atom. The van der Waals surface area contributed by atoms with Gasteiger partial charge in [0.05, 0.1) is 6.61 Å². The Bertz CT molecular complexity index is 317. The monoisotopic (exact) mass is 197 g/mol. The van der Waals surface area contributed by atoms with Gasteiger partial charge in [-0.05, 0) is 19.1 Å². The predicted molar refractivity (Wildman–Crippen MR) is 48.9 cm³/mol. The van der Waals surface area contributed by atoms with Gasteiger partial charge in [0, 0.05) is 0 Å². The molecule has 0 saturated heterocycles. The van der Waals surface area contributed by atoms with Crippen LogP contribution in [0.25, 0.3) is 0 Å². The Balaban J connectivity index is 2.89. The molecule has 1 rings (SSSR count). The maximum Gasteiger partial charge on any atom is 0.282 e. The molecule has 0 aliphatic rings. The predicted octanol–water partition coefficient (Wildman–Crippen LogP) is 0.779. The van der Waals surface area contributed by atoms with Crippen molar-refractivity contribution in [2.75, 3.05) is 6.61 Å². The van der Waals surface area contributed by atoms with E-state index in [2.05, 4.69) is 10.3 Å². The van der Waals surface area contributed by atoms with Gasteiger partial charge in [-0.25, -0.2) is 5.48 Å². The molecule has 0 bridgehead atoms. The topological polar surface area (TPSA) is 78.8 Å². The van der Waals surface area contributed by atoms with Crippen LogP contribution in [-0.2, 0) is 4.84 Å². The summed E-state index contributed by atoms with van der Waals surface area (Å²) >= 11 is 0. The van der Waals surface area contributed by atoms with Gasteiger partial charge in [-0.3, -0.25) is 9.63 Å². The number of carbonyl (C=O) groups excluding carboxylic acids is 1. The van der Waals surface area contributed by atoms with Crippen molar-refractivity contribution in [3.05, 3.63) is 23.8 Å². The average molecular weight is 197 g/mol. The molecule has 0 saturated carbocycles. The van der Waals surface area contributed by atoms with E-state index in [1.54, 1.807) is 6.92 Å². The van der Waals surface area contributed by atoms with Gasteiger partial charge in [0.1, 0.15) is 17.1 Å². The molecule has 76 valence electrons. The Kier molecular flexibility index (Phi) is 3.30. The molecule has 1 aromatic carbocycles. The van der Waals surface area contributed by atoms with E-state index in [4.69, 9.17) is 0 Å². The summed E-state index contributed by atoms with van der Waals surface area (Å²) in [6, 6.07) is 4.04. The number of amides is 1. The molecule has 0 aliphatic heterocycles. The Labute approximate surface area is 80.9 Å². The number of hydrogen-bond acceptors (Lipinski definition) is 4. The normalized spacial score (nSPS) is 9.79. The molecule has 0 aliphatic carbocycles. The van der Waals surface area contributed by atoms with Gasteiger partial charge in [0.15, 0.2) is 0 Å². The molecule has 1 amide bonds. The number of hydroxylamine groups is 1. The van der Waals surface area contributed by atoms with E-state index < -0.39 is 5.91 Å². The first-order valence-electron chi connectivity index (χ1n) is 4.10. The molecule has 5 heteroatoms. The van der Waals surface area contributed by atoms with Crippen molar-refractivity contribution in [2.24, 2.45) is 0 Å².